The lowest BCUT2D eigenvalue weighted by atomic mass is 10.1. The van der Waals surface area contributed by atoms with Crippen molar-refractivity contribution in [1.82, 2.24) is 0 Å². The Morgan fingerprint density at radius 1 is 0.848 bits per heavy atom. The highest BCUT2D eigenvalue weighted by Crippen LogP contribution is 2.17. The third kappa shape index (κ3) is 7.36. The molecule has 0 heterocycles. The molecule has 0 aliphatic heterocycles. The van der Waals surface area contributed by atoms with Crippen LogP contribution in [0.5, 0.6) is 5.75 Å². The topological polar surface area (TPSA) is 79.9 Å². The number of benzene rings is 3. The number of nitrogens with zero attached hydrogens (tertiary/aromatic N) is 1. The molecule has 0 bridgehead atoms. The van der Waals surface area contributed by atoms with Crippen LogP contribution in [0, 0.1) is 0 Å². The summed E-state index contributed by atoms with van der Waals surface area (Å²) in [5, 5.41) is 5.90. The van der Waals surface area contributed by atoms with Crippen LogP contribution >= 0.6 is 0 Å². The second-order valence-electron chi connectivity index (χ2n) is 7.25. The van der Waals surface area contributed by atoms with Gasteiger partial charge in [0.25, 0.3) is 5.91 Å². The first-order chi connectivity index (χ1) is 16.1. The molecule has 172 valence electrons. The molecule has 0 aliphatic carbocycles. The number of rotatable bonds is 11. The Labute approximate surface area is 194 Å². The van der Waals surface area contributed by atoms with E-state index in [4.69, 9.17) is 9.47 Å². The molecular formula is C26H29N3O4. The smallest absolute Gasteiger partial charge is 0.258 e. The van der Waals surface area contributed by atoms with Crippen LogP contribution < -0.4 is 20.3 Å². The summed E-state index contributed by atoms with van der Waals surface area (Å²) < 4.78 is 10.8. The number of hydrogen-bond acceptors (Lipinski definition) is 5. The highest BCUT2D eigenvalue weighted by molar-refractivity contribution is 6.06. The number of nitrogens with one attached hydrogen (secondary N) is 2. The Hall–Kier alpha value is -3.84. The van der Waals surface area contributed by atoms with Gasteiger partial charge in [-0.05, 0) is 67.6 Å². The third-order valence-electron chi connectivity index (χ3n) is 4.87. The summed E-state index contributed by atoms with van der Waals surface area (Å²) in [6.45, 7) is 3.77. The number of ether oxygens (including phenoxy) is 2. The zero-order chi connectivity index (χ0) is 23.5. The fourth-order valence-electron chi connectivity index (χ4n) is 3.08. The van der Waals surface area contributed by atoms with Crippen LogP contribution in [0.1, 0.15) is 17.3 Å². The summed E-state index contributed by atoms with van der Waals surface area (Å²) in [5.41, 5.74) is 2.79. The molecule has 7 nitrogen and oxygen atoms in total. The lowest BCUT2D eigenvalue weighted by molar-refractivity contribution is -0.114. The Kier molecular flexibility index (Phi) is 8.85. The van der Waals surface area contributed by atoms with Crippen LogP contribution in [-0.2, 0) is 9.53 Å². The van der Waals surface area contributed by atoms with Gasteiger partial charge in [-0.2, -0.15) is 0 Å². The van der Waals surface area contributed by atoms with Crippen molar-refractivity contribution < 1.29 is 19.1 Å². The van der Waals surface area contributed by atoms with Gasteiger partial charge in [-0.3, -0.25) is 9.59 Å². The average Bonchev–Trinajstić information content (AvgIpc) is 2.86. The van der Waals surface area contributed by atoms with Gasteiger partial charge in [-0.15, -0.1) is 0 Å². The minimum Gasteiger partial charge on any atom is -0.491 e. The first kappa shape index (κ1) is 23.8. The maximum absolute atomic E-state index is 12.7. The summed E-state index contributed by atoms with van der Waals surface area (Å²) in [6.07, 6.45) is 0. The van der Waals surface area contributed by atoms with Gasteiger partial charge in [0.05, 0.1) is 13.2 Å². The van der Waals surface area contributed by atoms with E-state index in [1.54, 1.807) is 36.2 Å². The molecule has 0 saturated heterocycles. The van der Waals surface area contributed by atoms with Crippen LogP contribution in [0.2, 0.25) is 0 Å². The molecule has 0 atom stereocenters. The number of anilines is 3. The molecule has 2 N–H and O–H groups in total. The predicted molar refractivity (Wildman–Crippen MR) is 131 cm³/mol. The molecule has 7 heteroatoms. The largest absolute Gasteiger partial charge is 0.491 e. The van der Waals surface area contributed by atoms with Gasteiger partial charge in [0.1, 0.15) is 12.4 Å². The van der Waals surface area contributed by atoms with E-state index in [1.165, 1.54) is 0 Å². The number of carbonyl (C=O) groups is 2. The summed E-state index contributed by atoms with van der Waals surface area (Å²) in [7, 11) is 1.73. The van der Waals surface area contributed by atoms with Gasteiger partial charge in [0.15, 0.2) is 0 Å². The van der Waals surface area contributed by atoms with Gasteiger partial charge >= 0.3 is 0 Å². The minimum absolute atomic E-state index is 0.113. The number of carbonyl (C=O) groups excluding carboxylic acids is 2. The van der Waals surface area contributed by atoms with Crippen LogP contribution in [0.15, 0.2) is 78.9 Å². The van der Waals surface area contributed by atoms with Crippen LogP contribution in [-0.4, -0.2) is 45.2 Å². The Morgan fingerprint density at radius 2 is 1.52 bits per heavy atom. The van der Waals surface area contributed by atoms with Crippen molar-refractivity contribution in [3.63, 3.8) is 0 Å². The number of amides is 2. The van der Waals surface area contributed by atoms with Crippen molar-refractivity contribution in [2.75, 3.05) is 48.9 Å². The molecular weight excluding hydrogens is 418 g/mol. The molecule has 0 saturated carbocycles. The van der Waals surface area contributed by atoms with Gasteiger partial charge < -0.3 is 25.0 Å². The van der Waals surface area contributed by atoms with Crippen LogP contribution in [0.25, 0.3) is 0 Å². The van der Waals surface area contributed by atoms with Gasteiger partial charge in [0, 0.05) is 36.3 Å². The van der Waals surface area contributed by atoms with E-state index in [1.807, 2.05) is 61.5 Å². The molecule has 0 aliphatic rings. The van der Waals surface area contributed by atoms with E-state index in [9.17, 15) is 9.59 Å². The van der Waals surface area contributed by atoms with Crippen molar-refractivity contribution in [1.29, 1.82) is 0 Å². The summed E-state index contributed by atoms with van der Waals surface area (Å²) in [4.78, 5) is 26.5. The first-order valence-corrected chi connectivity index (χ1v) is 10.8. The maximum Gasteiger partial charge on any atom is 0.258 e. The lowest BCUT2D eigenvalue weighted by Gasteiger charge is -2.17. The number of para-hydroxylation sites is 1. The van der Waals surface area contributed by atoms with Crippen LogP contribution in [0.4, 0.5) is 17.1 Å². The zero-order valence-electron chi connectivity index (χ0n) is 18.9. The molecule has 3 aromatic carbocycles. The van der Waals surface area contributed by atoms with Crippen molar-refractivity contribution >= 4 is 28.9 Å². The quantitative estimate of drug-likeness (QED) is 0.425. The maximum atomic E-state index is 12.7. The van der Waals surface area contributed by atoms with E-state index in [0.29, 0.717) is 31.1 Å². The lowest BCUT2D eigenvalue weighted by Crippen LogP contribution is -2.26. The summed E-state index contributed by atoms with van der Waals surface area (Å²) in [6, 6.07) is 23.7. The number of hydrogen-bond donors (Lipinski definition) is 2. The Balaban J connectivity index is 1.45. The van der Waals surface area contributed by atoms with Gasteiger partial charge in [0.2, 0.25) is 5.91 Å². The second-order valence-corrected chi connectivity index (χ2v) is 7.25. The van der Waals surface area contributed by atoms with Crippen molar-refractivity contribution in [2.45, 2.75) is 6.92 Å². The van der Waals surface area contributed by atoms with Gasteiger partial charge in [-0.25, -0.2) is 0 Å². The Morgan fingerprint density at radius 3 is 2.18 bits per heavy atom. The zero-order valence-corrected chi connectivity index (χ0v) is 18.9. The van der Waals surface area contributed by atoms with E-state index >= 15 is 0 Å². The molecule has 3 aromatic rings. The van der Waals surface area contributed by atoms with Crippen LogP contribution in [0.3, 0.4) is 0 Å². The standard InChI is InChI=1S/C26H29N3O4/c1-3-32-17-18-33-24-15-13-21(14-16-24)27-19-25(30)28-22-11-9-20(10-12-22)26(31)29(2)23-7-5-4-6-8-23/h4-16,27H,3,17-19H2,1-2H3,(H,28,30). The van der Waals surface area contributed by atoms with Crippen molar-refractivity contribution in [3.8, 4) is 5.75 Å². The predicted octanol–water partition coefficient (Wildman–Crippen LogP) is 4.43. The Bertz CT molecular complexity index is 1020. The molecule has 33 heavy (non-hydrogen) atoms. The highest BCUT2D eigenvalue weighted by atomic mass is 16.5. The average molecular weight is 448 g/mol. The highest BCUT2D eigenvalue weighted by Gasteiger charge is 2.13. The van der Waals surface area contributed by atoms with E-state index in [2.05, 4.69) is 10.6 Å². The van der Waals surface area contributed by atoms with Crippen molar-refractivity contribution in [2.24, 2.45) is 0 Å². The van der Waals surface area contributed by atoms with E-state index in [0.717, 1.165) is 17.1 Å². The summed E-state index contributed by atoms with van der Waals surface area (Å²) >= 11 is 0. The molecule has 0 spiro atoms. The fourth-order valence-corrected chi connectivity index (χ4v) is 3.08. The molecule has 0 fully saturated rings. The monoisotopic (exact) mass is 447 g/mol. The van der Waals surface area contributed by atoms with Gasteiger partial charge in [-0.1, -0.05) is 18.2 Å². The SMILES string of the molecule is CCOCCOc1ccc(NCC(=O)Nc2ccc(C(=O)N(C)c3ccccc3)cc2)cc1. The fraction of sp³-hybridized carbons (Fsp3) is 0.231. The molecule has 2 amide bonds. The molecule has 0 unspecified atom stereocenters. The van der Waals surface area contributed by atoms with Crippen molar-refractivity contribution in [3.05, 3.63) is 84.4 Å². The van der Waals surface area contributed by atoms with E-state index < -0.39 is 0 Å². The first-order valence-electron chi connectivity index (χ1n) is 10.8. The third-order valence-corrected chi connectivity index (χ3v) is 4.87. The summed E-state index contributed by atoms with van der Waals surface area (Å²) in [5.74, 6) is 0.441. The molecule has 0 aromatic heterocycles. The second kappa shape index (κ2) is 12.3. The molecule has 3 rings (SSSR count). The van der Waals surface area contributed by atoms with E-state index in [-0.39, 0.29) is 18.4 Å². The minimum atomic E-state index is -0.187. The molecule has 0 radical (unpaired) electrons. The normalized spacial score (nSPS) is 10.4.